The van der Waals surface area contributed by atoms with E-state index >= 15 is 0 Å². The lowest BCUT2D eigenvalue weighted by atomic mass is 10.2. The fourth-order valence-corrected chi connectivity index (χ4v) is 2.63. The fourth-order valence-electron chi connectivity index (χ4n) is 2.63. The molecule has 0 aliphatic rings. The van der Waals surface area contributed by atoms with E-state index in [0.717, 1.165) is 11.9 Å². The Kier molecular flexibility index (Phi) is 3.85. The van der Waals surface area contributed by atoms with Crippen molar-refractivity contribution in [2.24, 2.45) is 0 Å². The zero-order chi connectivity index (χ0) is 18.1. The molecule has 8 heteroatoms. The van der Waals surface area contributed by atoms with Crippen LogP contribution in [0.4, 0.5) is 16.0 Å². The van der Waals surface area contributed by atoms with Crippen LogP contribution in [-0.2, 0) is 0 Å². The number of nitrogens with zero attached hydrogens (tertiary/aromatic N) is 3. The first-order valence-corrected chi connectivity index (χ1v) is 7.78. The third kappa shape index (κ3) is 2.88. The van der Waals surface area contributed by atoms with Crippen molar-refractivity contribution in [3.63, 3.8) is 0 Å². The molecule has 1 aromatic carbocycles. The SMILES string of the molecule is COc1cccc(-n2[nH]c(=O)c3cnc(Nc4ccc(F)cn4)cc32)c1. The molecule has 0 aliphatic carbocycles. The Morgan fingerprint density at radius 1 is 1.12 bits per heavy atom. The molecule has 0 saturated carbocycles. The number of H-pyrrole nitrogens is 1. The minimum Gasteiger partial charge on any atom is -0.497 e. The van der Waals surface area contributed by atoms with E-state index in [1.54, 1.807) is 17.9 Å². The highest BCUT2D eigenvalue weighted by atomic mass is 19.1. The van der Waals surface area contributed by atoms with Crippen molar-refractivity contribution in [2.45, 2.75) is 0 Å². The van der Waals surface area contributed by atoms with Crippen molar-refractivity contribution in [2.75, 3.05) is 12.4 Å². The second kappa shape index (κ2) is 6.32. The maximum absolute atomic E-state index is 13.0. The van der Waals surface area contributed by atoms with E-state index in [2.05, 4.69) is 20.4 Å². The zero-order valence-corrected chi connectivity index (χ0v) is 13.7. The number of hydrogen-bond donors (Lipinski definition) is 2. The molecule has 0 atom stereocenters. The summed E-state index contributed by atoms with van der Waals surface area (Å²) in [6.45, 7) is 0. The number of methoxy groups -OCH3 is 1. The van der Waals surface area contributed by atoms with Crippen LogP contribution in [0.25, 0.3) is 16.6 Å². The highest BCUT2D eigenvalue weighted by Crippen LogP contribution is 2.22. The lowest BCUT2D eigenvalue weighted by molar-refractivity contribution is 0.414. The molecule has 0 fully saturated rings. The summed E-state index contributed by atoms with van der Waals surface area (Å²) >= 11 is 0. The molecule has 4 aromatic rings. The molecule has 4 rings (SSSR count). The Balaban J connectivity index is 1.79. The number of benzene rings is 1. The van der Waals surface area contributed by atoms with Crippen molar-refractivity contribution in [3.8, 4) is 11.4 Å². The molecule has 3 aromatic heterocycles. The van der Waals surface area contributed by atoms with E-state index in [4.69, 9.17) is 4.74 Å². The van der Waals surface area contributed by atoms with Gasteiger partial charge in [-0.25, -0.2) is 14.4 Å². The Labute approximate surface area is 147 Å². The molecule has 3 heterocycles. The van der Waals surface area contributed by atoms with Gasteiger partial charge in [0, 0.05) is 18.3 Å². The average molecular weight is 351 g/mol. The third-order valence-corrected chi connectivity index (χ3v) is 3.88. The maximum Gasteiger partial charge on any atom is 0.273 e. The molecular weight excluding hydrogens is 337 g/mol. The quantitative estimate of drug-likeness (QED) is 0.590. The van der Waals surface area contributed by atoms with Gasteiger partial charge in [-0.1, -0.05) is 6.07 Å². The molecule has 0 amide bonds. The second-order valence-corrected chi connectivity index (χ2v) is 5.55. The summed E-state index contributed by atoms with van der Waals surface area (Å²) in [7, 11) is 1.58. The normalized spacial score (nSPS) is 10.8. The number of hydrogen-bond acceptors (Lipinski definition) is 5. The first-order valence-electron chi connectivity index (χ1n) is 7.78. The van der Waals surface area contributed by atoms with E-state index < -0.39 is 5.82 Å². The minimum atomic E-state index is -0.420. The maximum atomic E-state index is 13.0. The van der Waals surface area contributed by atoms with Gasteiger partial charge in [0.05, 0.1) is 29.9 Å². The molecule has 2 N–H and O–H groups in total. The number of anilines is 2. The molecule has 0 saturated heterocycles. The van der Waals surface area contributed by atoms with Gasteiger partial charge in [0.2, 0.25) is 0 Å². The van der Waals surface area contributed by atoms with Gasteiger partial charge in [-0.3, -0.25) is 14.6 Å². The van der Waals surface area contributed by atoms with Crippen molar-refractivity contribution < 1.29 is 9.13 Å². The van der Waals surface area contributed by atoms with Crippen LogP contribution in [0.3, 0.4) is 0 Å². The summed E-state index contributed by atoms with van der Waals surface area (Å²) in [5.41, 5.74) is 1.14. The smallest absolute Gasteiger partial charge is 0.273 e. The minimum absolute atomic E-state index is 0.248. The van der Waals surface area contributed by atoms with Gasteiger partial charge in [-0.2, -0.15) is 0 Å². The Morgan fingerprint density at radius 2 is 1.96 bits per heavy atom. The van der Waals surface area contributed by atoms with Crippen molar-refractivity contribution in [1.29, 1.82) is 0 Å². The number of aromatic amines is 1. The number of halogens is 1. The summed E-state index contributed by atoms with van der Waals surface area (Å²) < 4.78 is 19.9. The molecule has 0 unspecified atom stereocenters. The highest BCUT2D eigenvalue weighted by Gasteiger charge is 2.11. The fraction of sp³-hybridized carbons (Fsp3) is 0.0556. The first-order chi connectivity index (χ1) is 12.6. The van der Waals surface area contributed by atoms with E-state index in [0.29, 0.717) is 28.3 Å². The van der Waals surface area contributed by atoms with Crippen LogP contribution >= 0.6 is 0 Å². The van der Waals surface area contributed by atoms with E-state index in [1.807, 2.05) is 24.3 Å². The predicted octanol–water partition coefficient (Wildman–Crippen LogP) is 3.00. The molecule has 0 spiro atoms. The van der Waals surface area contributed by atoms with Crippen molar-refractivity contribution in [1.82, 2.24) is 19.7 Å². The molecule has 0 bridgehead atoms. The van der Waals surface area contributed by atoms with Gasteiger partial charge in [0.25, 0.3) is 5.56 Å². The highest BCUT2D eigenvalue weighted by molar-refractivity contribution is 5.82. The van der Waals surface area contributed by atoms with Gasteiger partial charge >= 0.3 is 0 Å². The number of nitrogens with one attached hydrogen (secondary N) is 2. The summed E-state index contributed by atoms with van der Waals surface area (Å²) in [5.74, 6) is 1.18. The van der Waals surface area contributed by atoms with Crippen LogP contribution in [0.5, 0.6) is 5.75 Å². The lowest BCUT2D eigenvalue weighted by Crippen LogP contribution is -2.03. The van der Waals surface area contributed by atoms with E-state index in [9.17, 15) is 9.18 Å². The summed E-state index contributed by atoms with van der Waals surface area (Å²) in [4.78, 5) is 20.4. The number of ether oxygens (including phenoxy) is 1. The van der Waals surface area contributed by atoms with Crippen LogP contribution in [0.2, 0.25) is 0 Å². The number of fused-ring (bicyclic) bond motifs is 1. The van der Waals surface area contributed by atoms with Gasteiger partial charge in [0.1, 0.15) is 23.2 Å². The van der Waals surface area contributed by atoms with E-state index in [1.165, 1.54) is 18.3 Å². The molecule has 0 aliphatic heterocycles. The van der Waals surface area contributed by atoms with Crippen molar-refractivity contribution in [3.05, 3.63) is 71.0 Å². The topological polar surface area (TPSA) is 84.8 Å². The van der Waals surface area contributed by atoms with Gasteiger partial charge in [0.15, 0.2) is 0 Å². The molecular formula is C18H14FN5O2. The van der Waals surface area contributed by atoms with Crippen LogP contribution in [0, 0.1) is 5.82 Å². The Hall–Kier alpha value is -3.68. The summed E-state index contributed by atoms with van der Waals surface area (Å²) in [6, 6.07) is 11.8. The van der Waals surface area contributed by atoms with Gasteiger partial charge in [-0.15, -0.1) is 0 Å². The Bertz CT molecular complexity index is 1130. The standard InChI is InChI=1S/C18H14FN5O2/c1-26-13-4-2-3-12(7-13)24-15-8-17(21-10-14(15)18(25)23-24)22-16-6-5-11(19)9-20-16/h2-10H,1H3,(H,23,25)(H,20,21,22). The largest absolute Gasteiger partial charge is 0.497 e. The molecule has 130 valence electrons. The summed E-state index contributed by atoms with van der Waals surface area (Å²) in [5, 5.41) is 6.23. The van der Waals surface area contributed by atoms with Crippen LogP contribution in [-0.4, -0.2) is 26.9 Å². The average Bonchev–Trinajstić information content (AvgIpc) is 3.00. The van der Waals surface area contributed by atoms with Gasteiger partial charge < -0.3 is 10.1 Å². The number of pyridine rings is 2. The molecule has 7 nitrogen and oxygen atoms in total. The third-order valence-electron chi connectivity index (χ3n) is 3.88. The van der Waals surface area contributed by atoms with Crippen LogP contribution < -0.4 is 15.6 Å². The monoisotopic (exact) mass is 351 g/mol. The number of rotatable bonds is 4. The van der Waals surface area contributed by atoms with Gasteiger partial charge in [-0.05, 0) is 24.3 Å². The van der Waals surface area contributed by atoms with E-state index in [-0.39, 0.29) is 5.56 Å². The first kappa shape index (κ1) is 15.8. The molecule has 26 heavy (non-hydrogen) atoms. The zero-order valence-electron chi connectivity index (χ0n) is 13.7. The van der Waals surface area contributed by atoms with Crippen LogP contribution in [0.15, 0.2) is 59.7 Å². The summed E-state index contributed by atoms with van der Waals surface area (Å²) in [6.07, 6.45) is 2.60. The van der Waals surface area contributed by atoms with Crippen LogP contribution in [0.1, 0.15) is 0 Å². The Morgan fingerprint density at radius 3 is 2.73 bits per heavy atom. The second-order valence-electron chi connectivity index (χ2n) is 5.55. The van der Waals surface area contributed by atoms with Crippen molar-refractivity contribution >= 4 is 22.5 Å². The molecule has 0 radical (unpaired) electrons. The predicted molar refractivity (Wildman–Crippen MR) is 95.7 cm³/mol. The number of aromatic nitrogens is 4. The lowest BCUT2D eigenvalue weighted by Gasteiger charge is -2.08.